The third kappa shape index (κ3) is 2.77. The third-order valence-corrected chi connectivity index (χ3v) is 2.53. The summed E-state index contributed by atoms with van der Waals surface area (Å²) in [4.78, 5) is 15.8. The molecule has 1 aromatic rings. The average Bonchev–Trinajstić information content (AvgIpc) is 2.30. The van der Waals surface area contributed by atoms with Crippen molar-refractivity contribution in [2.75, 3.05) is 25.5 Å². The molecule has 2 rings (SSSR count). The Morgan fingerprint density at radius 2 is 2.56 bits per heavy atom. The Labute approximate surface area is 94.0 Å². The van der Waals surface area contributed by atoms with Crippen LogP contribution >= 0.6 is 0 Å². The molecule has 16 heavy (non-hydrogen) atoms. The maximum Gasteiger partial charge on any atom is 0.156 e. The number of nitrogen functional groups attached to an aromatic ring is 1. The molecule has 3 N–H and O–H groups in total. The molecular formula is C11H15N3O2. The fourth-order valence-corrected chi connectivity index (χ4v) is 1.70. The molecule has 1 aliphatic heterocycles. The van der Waals surface area contributed by atoms with Gasteiger partial charge in [0.1, 0.15) is 5.82 Å². The molecular weight excluding hydrogens is 206 g/mol. The quantitative estimate of drug-likeness (QED) is 0.737. The molecule has 5 heteroatoms. The molecule has 0 saturated carbocycles. The lowest BCUT2D eigenvalue weighted by atomic mass is 10.0. The van der Waals surface area contributed by atoms with Gasteiger partial charge in [-0.15, -0.1) is 0 Å². The van der Waals surface area contributed by atoms with Crippen LogP contribution in [-0.2, 0) is 16.0 Å². The minimum atomic E-state index is -0.192. The predicted molar refractivity (Wildman–Crippen MR) is 60.0 cm³/mol. The van der Waals surface area contributed by atoms with E-state index in [1.165, 1.54) is 0 Å². The molecule has 1 saturated heterocycles. The number of ether oxygens (including phenoxy) is 1. The number of hydrogen-bond donors (Lipinski definition) is 2. The topological polar surface area (TPSA) is 77.2 Å². The molecule has 1 unspecified atom stereocenters. The summed E-state index contributed by atoms with van der Waals surface area (Å²) in [5.41, 5.74) is 6.44. The van der Waals surface area contributed by atoms with E-state index in [4.69, 9.17) is 10.5 Å². The van der Waals surface area contributed by atoms with Crippen LogP contribution in [-0.4, -0.2) is 36.6 Å². The van der Waals surface area contributed by atoms with Crippen LogP contribution in [0.15, 0.2) is 18.3 Å². The molecule has 1 aromatic heterocycles. The van der Waals surface area contributed by atoms with Crippen LogP contribution in [0.2, 0.25) is 0 Å². The number of anilines is 1. The average molecular weight is 221 g/mol. The fourth-order valence-electron chi connectivity index (χ4n) is 1.70. The largest absolute Gasteiger partial charge is 0.384 e. The van der Waals surface area contributed by atoms with Crippen molar-refractivity contribution in [3.8, 4) is 0 Å². The number of pyridine rings is 1. The van der Waals surface area contributed by atoms with Gasteiger partial charge in [0.05, 0.1) is 19.3 Å². The summed E-state index contributed by atoms with van der Waals surface area (Å²) in [6.45, 7) is 1.86. The summed E-state index contributed by atoms with van der Waals surface area (Å²) < 4.78 is 5.24. The SMILES string of the molecule is Nc1cc(CC(=O)C2COCCN2)ccn1. The summed E-state index contributed by atoms with van der Waals surface area (Å²) in [5.74, 6) is 0.573. The number of aromatic nitrogens is 1. The zero-order chi connectivity index (χ0) is 11.4. The maximum atomic E-state index is 11.9. The molecule has 2 heterocycles. The number of ketones is 1. The fraction of sp³-hybridized carbons (Fsp3) is 0.455. The first-order valence-electron chi connectivity index (χ1n) is 5.30. The monoisotopic (exact) mass is 221 g/mol. The van der Waals surface area contributed by atoms with E-state index >= 15 is 0 Å². The van der Waals surface area contributed by atoms with Gasteiger partial charge in [0, 0.05) is 19.2 Å². The van der Waals surface area contributed by atoms with Crippen molar-refractivity contribution in [2.24, 2.45) is 0 Å². The van der Waals surface area contributed by atoms with Gasteiger partial charge in [-0.05, 0) is 17.7 Å². The normalized spacial score (nSPS) is 20.6. The predicted octanol–water partition coefficient (Wildman–Crippen LogP) is -0.236. The van der Waals surface area contributed by atoms with E-state index in [1.54, 1.807) is 18.3 Å². The van der Waals surface area contributed by atoms with Crippen molar-refractivity contribution < 1.29 is 9.53 Å². The molecule has 1 aliphatic rings. The lowest BCUT2D eigenvalue weighted by Gasteiger charge is -2.22. The molecule has 5 nitrogen and oxygen atoms in total. The molecule has 0 aliphatic carbocycles. The highest BCUT2D eigenvalue weighted by Gasteiger charge is 2.20. The number of carbonyl (C=O) groups excluding carboxylic acids is 1. The van der Waals surface area contributed by atoms with Crippen LogP contribution < -0.4 is 11.1 Å². The highest BCUT2D eigenvalue weighted by Crippen LogP contribution is 2.06. The van der Waals surface area contributed by atoms with Gasteiger partial charge in [0.2, 0.25) is 0 Å². The molecule has 0 aromatic carbocycles. The highest BCUT2D eigenvalue weighted by atomic mass is 16.5. The lowest BCUT2D eigenvalue weighted by Crippen LogP contribution is -2.47. The van der Waals surface area contributed by atoms with Crippen molar-refractivity contribution in [1.29, 1.82) is 0 Å². The van der Waals surface area contributed by atoms with Crippen LogP contribution in [0.25, 0.3) is 0 Å². The number of rotatable bonds is 3. The number of nitrogens with two attached hydrogens (primary N) is 1. The van der Waals surface area contributed by atoms with Gasteiger partial charge >= 0.3 is 0 Å². The highest BCUT2D eigenvalue weighted by molar-refractivity contribution is 5.86. The Bertz CT molecular complexity index is 375. The molecule has 0 amide bonds. The molecule has 0 bridgehead atoms. The number of hydrogen-bond acceptors (Lipinski definition) is 5. The molecule has 1 atom stereocenters. The van der Waals surface area contributed by atoms with Crippen molar-refractivity contribution in [1.82, 2.24) is 10.3 Å². The smallest absolute Gasteiger partial charge is 0.156 e. The second-order valence-electron chi connectivity index (χ2n) is 3.81. The van der Waals surface area contributed by atoms with E-state index in [-0.39, 0.29) is 11.8 Å². The van der Waals surface area contributed by atoms with E-state index in [0.717, 1.165) is 12.1 Å². The summed E-state index contributed by atoms with van der Waals surface area (Å²) in [6, 6.07) is 3.34. The first kappa shape index (κ1) is 11.0. The van der Waals surface area contributed by atoms with Gasteiger partial charge in [0.25, 0.3) is 0 Å². The number of morpholine rings is 1. The minimum Gasteiger partial charge on any atom is -0.384 e. The standard InChI is InChI=1S/C11H15N3O2/c12-11-6-8(1-2-14-11)5-10(15)9-7-16-4-3-13-9/h1-2,6,9,13H,3-5,7H2,(H2,12,14). The van der Waals surface area contributed by atoms with E-state index in [2.05, 4.69) is 10.3 Å². The van der Waals surface area contributed by atoms with Gasteiger partial charge in [-0.1, -0.05) is 0 Å². The van der Waals surface area contributed by atoms with Crippen LogP contribution in [0.5, 0.6) is 0 Å². The summed E-state index contributed by atoms with van der Waals surface area (Å²) >= 11 is 0. The van der Waals surface area contributed by atoms with E-state index < -0.39 is 0 Å². The third-order valence-electron chi connectivity index (χ3n) is 2.53. The van der Waals surface area contributed by atoms with Crippen LogP contribution in [0.1, 0.15) is 5.56 Å². The molecule has 0 spiro atoms. The Morgan fingerprint density at radius 3 is 3.25 bits per heavy atom. The van der Waals surface area contributed by atoms with Gasteiger partial charge < -0.3 is 15.8 Å². The lowest BCUT2D eigenvalue weighted by molar-refractivity contribution is -0.123. The van der Waals surface area contributed by atoms with Crippen molar-refractivity contribution in [2.45, 2.75) is 12.5 Å². The Kier molecular flexibility index (Phi) is 3.48. The zero-order valence-electron chi connectivity index (χ0n) is 8.98. The number of Topliss-reactive ketones (excluding diaryl/α,β-unsaturated/α-hetero) is 1. The Balaban J connectivity index is 1.96. The Morgan fingerprint density at radius 1 is 1.69 bits per heavy atom. The minimum absolute atomic E-state index is 0.130. The zero-order valence-corrected chi connectivity index (χ0v) is 8.98. The molecule has 0 radical (unpaired) electrons. The number of nitrogens with one attached hydrogen (secondary N) is 1. The number of nitrogens with zero attached hydrogens (tertiary/aromatic N) is 1. The van der Waals surface area contributed by atoms with Crippen LogP contribution in [0.4, 0.5) is 5.82 Å². The van der Waals surface area contributed by atoms with E-state index in [0.29, 0.717) is 25.5 Å². The second-order valence-corrected chi connectivity index (χ2v) is 3.81. The van der Waals surface area contributed by atoms with Crippen LogP contribution in [0, 0.1) is 0 Å². The summed E-state index contributed by atoms with van der Waals surface area (Å²) in [6.07, 6.45) is 1.98. The molecule has 1 fully saturated rings. The second kappa shape index (κ2) is 5.05. The van der Waals surface area contributed by atoms with Crippen molar-refractivity contribution >= 4 is 11.6 Å². The summed E-state index contributed by atoms with van der Waals surface area (Å²) in [5, 5.41) is 3.13. The van der Waals surface area contributed by atoms with Gasteiger partial charge in [-0.3, -0.25) is 4.79 Å². The van der Waals surface area contributed by atoms with Gasteiger partial charge in [-0.25, -0.2) is 4.98 Å². The van der Waals surface area contributed by atoms with Crippen molar-refractivity contribution in [3.63, 3.8) is 0 Å². The summed E-state index contributed by atoms with van der Waals surface area (Å²) in [7, 11) is 0. The van der Waals surface area contributed by atoms with Gasteiger partial charge in [-0.2, -0.15) is 0 Å². The van der Waals surface area contributed by atoms with E-state index in [9.17, 15) is 4.79 Å². The number of carbonyl (C=O) groups is 1. The van der Waals surface area contributed by atoms with E-state index in [1.807, 2.05) is 0 Å². The first-order chi connectivity index (χ1) is 7.75. The van der Waals surface area contributed by atoms with Crippen molar-refractivity contribution in [3.05, 3.63) is 23.9 Å². The van der Waals surface area contributed by atoms with Gasteiger partial charge in [0.15, 0.2) is 5.78 Å². The van der Waals surface area contributed by atoms with Crippen LogP contribution in [0.3, 0.4) is 0 Å². The first-order valence-corrected chi connectivity index (χ1v) is 5.30. The maximum absolute atomic E-state index is 11.9. The Hall–Kier alpha value is -1.46. The molecule has 86 valence electrons.